The van der Waals surface area contributed by atoms with Crippen molar-refractivity contribution in [2.24, 2.45) is 0 Å². The third kappa shape index (κ3) is 2.96. The summed E-state index contributed by atoms with van der Waals surface area (Å²) in [5, 5.41) is 2.96. The molecule has 3 nitrogen and oxygen atoms in total. The molecular formula is C11H15NO2S. The Morgan fingerprint density at radius 1 is 1.53 bits per heavy atom. The third-order valence-electron chi connectivity index (χ3n) is 2.48. The Hall–Kier alpha value is -1.03. The van der Waals surface area contributed by atoms with E-state index < -0.39 is 0 Å². The average Bonchev–Trinajstić information content (AvgIpc) is 2.85. The fourth-order valence-electron chi connectivity index (χ4n) is 1.71. The van der Waals surface area contributed by atoms with Gasteiger partial charge in [0.1, 0.15) is 0 Å². The van der Waals surface area contributed by atoms with E-state index in [0.29, 0.717) is 12.5 Å². The van der Waals surface area contributed by atoms with Gasteiger partial charge in [-0.05, 0) is 30.4 Å². The molecule has 0 aliphatic carbocycles. The van der Waals surface area contributed by atoms with Crippen LogP contribution in [0.5, 0.6) is 5.06 Å². The van der Waals surface area contributed by atoms with Crippen LogP contribution in [-0.2, 0) is 4.79 Å². The SMILES string of the molecule is O=C1CCCN1CCCOc1cccs1. The standard InChI is InChI=1S/C11H15NO2S/c13-10-4-1-6-12(10)7-3-8-14-11-5-2-9-15-11/h2,5,9H,1,3-4,6-8H2. The van der Waals surface area contributed by atoms with Gasteiger partial charge in [-0.3, -0.25) is 4.79 Å². The number of hydrogen-bond donors (Lipinski definition) is 0. The van der Waals surface area contributed by atoms with Gasteiger partial charge in [-0.1, -0.05) is 0 Å². The molecule has 4 heteroatoms. The number of carbonyl (C=O) groups is 1. The topological polar surface area (TPSA) is 29.5 Å². The number of hydrogen-bond acceptors (Lipinski definition) is 3. The second kappa shape index (κ2) is 5.16. The van der Waals surface area contributed by atoms with Gasteiger partial charge < -0.3 is 9.64 Å². The van der Waals surface area contributed by atoms with Gasteiger partial charge in [-0.25, -0.2) is 0 Å². The first kappa shape index (κ1) is 10.5. The van der Waals surface area contributed by atoms with Gasteiger partial charge in [0.05, 0.1) is 6.61 Å². The quantitative estimate of drug-likeness (QED) is 0.718. The molecule has 0 unspecified atom stereocenters. The predicted octanol–water partition coefficient (Wildman–Crippen LogP) is 2.14. The minimum atomic E-state index is 0.297. The molecule has 0 saturated carbocycles. The van der Waals surface area contributed by atoms with E-state index >= 15 is 0 Å². The van der Waals surface area contributed by atoms with E-state index in [1.54, 1.807) is 11.3 Å². The molecule has 15 heavy (non-hydrogen) atoms. The first-order valence-corrected chi connectivity index (χ1v) is 6.18. The lowest BCUT2D eigenvalue weighted by molar-refractivity contribution is -0.127. The lowest BCUT2D eigenvalue weighted by Crippen LogP contribution is -2.26. The molecule has 1 amide bonds. The van der Waals surface area contributed by atoms with Crippen molar-refractivity contribution in [2.45, 2.75) is 19.3 Å². The number of amides is 1. The van der Waals surface area contributed by atoms with Crippen LogP contribution in [-0.4, -0.2) is 30.5 Å². The average molecular weight is 225 g/mol. The number of carbonyl (C=O) groups excluding carboxylic acids is 1. The highest BCUT2D eigenvalue weighted by Gasteiger charge is 2.18. The maximum Gasteiger partial charge on any atom is 0.222 e. The molecule has 0 spiro atoms. The molecule has 1 aliphatic heterocycles. The number of thiophene rings is 1. The summed E-state index contributed by atoms with van der Waals surface area (Å²) in [6.07, 6.45) is 2.67. The Bertz CT molecular complexity index is 310. The summed E-state index contributed by atoms with van der Waals surface area (Å²) >= 11 is 1.60. The third-order valence-corrected chi connectivity index (χ3v) is 3.26. The molecule has 0 N–H and O–H groups in total. The molecule has 1 aliphatic rings. The summed E-state index contributed by atoms with van der Waals surface area (Å²) in [5.41, 5.74) is 0. The smallest absolute Gasteiger partial charge is 0.222 e. The molecule has 0 aromatic carbocycles. The molecule has 0 bridgehead atoms. The molecule has 2 heterocycles. The van der Waals surface area contributed by atoms with E-state index in [4.69, 9.17) is 4.74 Å². The Morgan fingerprint density at radius 3 is 3.13 bits per heavy atom. The second-order valence-corrected chi connectivity index (χ2v) is 4.53. The Kier molecular flexibility index (Phi) is 3.61. The molecule has 0 atom stereocenters. The van der Waals surface area contributed by atoms with Crippen molar-refractivity contribution < 1.29 is 9.53 Å². The van der Waals surface area contributed by atoms with Crippen molar-refractivity contribution in [1.29, 1.82) is 0 Å². The molecule has 1 aromatic heterocycles. The number of ether oxygens (including phenoxy) is 1. The molecule has 2 rings (SSSR count). The summed E-state index contributed by atoms with van der Waals surface area (Å²) in [6.45, 7) is 2.46. The monoisotopic (exact) mass is 225 g/mol. The van der Waals surface area contributed by atoms with Crippen LogP contribution in [0.4, 0.5) is 0 Å². The first-order chi connectivity index (χ1) is 7.36. The minimum Gasteiger partial charge on any atom is -0.484 e. The van der Waals surface area contributed by atoms with Crippen molar-refractivity contribution in [3.05, 3.63) is 17.5 Å². The van der Waals surface area contributed by atoms with Crippen LogP contribution in [0.3, 0.4) is 0 Å². The number of likely N-dealkylation sites (tertiary alicyclic amines) is 1. The van der Waals surface area contributed by atoms with Gasteiger partial charge in [0, 0.05) is 19.5 Å². The Morgan fingerprint density at radius 2 is 2.47 bits per heavy atom. The summed E-state index contributed by atoms with van der Waals surface area (Å²) in [6, 6.07) is 3.94. The van der Waals surface area contributed by atoms with Crippen LogP contribution in [0.1, 0.15) is 19.3 Å². The van der Waals surface area contributed by atoms with E-state index in [0.717, 1.165) is 37.4 Å². The number of rotatable bonds is 5. The fraction of sp³-hybridized carbons (Fsp3) is 0.545. The zero-order valence-electron chi connectivity index (χ0n) is 8.65. The lowest BCUT2D eigenvalue weighted by Gasteiger charge is -2.14. The van der Waals surface area contributed by atoms with Crippen LogP contribution in [0.2, 0.25) is 0 Å². The van der Waals surface area contributed by atoms with Crippen LogP contribution >= 0.6 is 11.3 Å². The van der Waals surface area contributed by atoms with E-state index in [-0.39, 0.29) is 0 Å². The van der Waals surface area contributed by atoms with Crippen molar-refractivity contribution in [3.63, 3.8) is 0 Å². The highest BCUT2D eigenvalue weighted by Crippen LogP contribution is 2.18. The summed E-state index contributed by atoms with van der Waals surface area (Å²) in [4.78, 5) is 13.2. The second-order valence-electron chi connectivity index (χ2n) is 3.62. The molecule has 82 valence electrons. The number of nitrogens with zero attached hydrogens (tertiary/aromatic N) is 1. The van der Waals surface area contributed by atoms with Gasteiger partial charge in [0.15, 0.2) is 5.06 Å². The van der Waals surface area contributed by atoms with Gasteiger partial charge in [0.2, 0.25) is 5.91 Å². The van der Waals surface area contributed by atoms with Crippen molar-refractivity contribution in [3.8, 4) is 5.06 Å². The highest BCUT2D eigenvalue weighted by atomic mass is 32.1. The molecule has 1 aromatic rings. The predicted molar refractivity (Wildman–Crippen MR) is 60.2 cm³/mol. The van der Waals surface area contributed by atoms with Crippen molar-refractivity contribution in [1.82, 2.24) is 4.90 Å². The highest BCUT2D eigenvalue weighted by molar-refractivity contribution is 7.11. The Labute approximate surface area is 93.7 Å². The van der Waals surface area contributed by atoms with E-state index in [1.165, 1.54) is 0 Å². The van der Waals surface area contributed by atoms with Crippen LogP contribution in [0.15, 0.2) is 17.5 Å². The van der Waals surface area contributed by atoms with E-state index in [2.05, 4.69) is 0 Å². The van der Waals surface area contributed by atoms with Gasteiger partial charge in [-0.2, -0.15) is 0 Å². The zero-order chi connectivity index (χ0) is 10.5. The lowest BCUT2D eigenvalue weighted by atomic mass is 10.4. The maximum atomic E-state index is 11.3. The van der Waals surface area contributed by atoms with Crippen LogP contribution < -0.4 is 4.74 Å². The largest absolute Gasteiger partial charge is 0.484 e. The van der Waals surface area contributed by atoms with Gasteiger partial charge >= 0.3 is 0 Å². The maximum absolute atomic E-state index is 11.3. The van der Waals surface area contributed by atoms with Crippen LogP contribution in [0, 0.1) is 0 Å². The molecule has 1 saturated heterocycles. The zero-order valence-corrected chi connectivity index (χ0v) is 9.46. The minimum absolute atomic E-state index is 0.297. The fourth-order valence-corrected chi connectivity index (χ4v) is 2.31. The van der Waals surface area contributed by atoms with Gasteiger partial charge in [-0.15, -0.1) is 11.3 Å². The first-order valence-electron chi connectivity index (χ1n) is 5.30. The molecular weight excluding hydrogens is 210 g/mol. The normalized spacial score (nSPS) is 16.0. The van der Waals surface area contributed by atoms with Crippen molar-refractivity contribution in [2.75, 3.05) is 19.7 Å². The van der Waals surface area contributed by atoms with E-state index in [1.807, 2.05) is 22.4 Å². The molecule has 0 radical (unpaired) electrons. The van der Waals surface area contributed by atoms with Crippen LogP contribution in [0.25, 0.3) is 0 Å². The van der Waals surface area contributed by atoms with E-state index in [9.17, 15) is 4.79 Å². The summed E-state index contributed by atoms with van der Waals surface area (Å²) < 4.78 is 5.52. The Balaban J connectivity index is 1.61. The molecule has 1 fully saturated rings. The van der Waals surface area contributed by atoms with Gasteiger partial charge in [0.25, 0.3) is 0 Å². The van der Waals surface area contributed by atoms with Crippen molar-refractivity contribution >= 4 is 17.2 Å². The summed E-state index contributed by atoms with van der Waals surface area (Å²) in [7, 11) is 0. The summed E-state index contributed by atoms with van der Waals surface area (Å²) in [5.74, 6) is 0.297.